The van der Waals surface area contributed by atoms with Crippen LogP contribution in [0.25, 0.3) is 11.4 Å². The molecule has 12 heteroatoms. The standard InChI is InChI=1S/C20H17ClF2N4O3S2/c1-11-16(18-24-7-14(8-25-18)27-9-20(22,23)10-27)6-17(31-11)19(28)26-13-3-12(21)4-15(5-13)32(2,29)30/h3-8H,9-10H2,1-2H3,(H,26,28). The van der Waals surface area contributed by atoms with Crippen LogP contribution in [0.1, 0.15) is 14.5 Å². The number of alkyl halides is 2. The summed E-state index contributed by atoms with van der Waals surface area (Å²) in [7, 11) is -3.50. The molecular weight excluding hydrogens is 482 g/mol. The molecule has 1 amide bonds. The van der Waals surface area contributed by atoms with Crippen molar-refractivity contribution in [1.29, 1.82) is 0 Å². The molecule has 1 saturated heterocycles. The van der Waals surface area contributed by atoms with Crippen LogP contribution < -0.4 is 10.2 Å². The first-order chi connectivity index (χ1) is 14.9. The second kappa shape index (κ2) is 8.05. The molecule has 7 nitrogen and oxygen atoms in total. The summed E-state index contributed by atoms with van der Waals surface area (Å²) in [4.78, 5) is 23.9. The van der Waals surface area contributed by atoms with Gasteiger partial charge < -0.3 is 10.2 Å². The summed E-state index contributed by atoms with van der Waals surface area (Å²) in [6.45, 7) is 1.09. The number of hydrogen-bond acceptors (Lipinski definition) is 7. The van der Waals surface area contributed by atoms with Crippen molar-refractivity contribution in [3.8, 4) is 11.4 Å². The van der Waals surface area contributed by atoms with Gasteiger partial charge in [-0.2, -0.15) is 0 Å². The minimum Gasteiger partial charge on any atom is -0.357 e. The molecule has 1 aliphatic heterocycles. The molecule has 0 unspecified atom stereocenters. The van der Waals surface area contributed by atoms with Gasteiger partial charge in [-0.15, -0.1) is 11.3 Å². The minimum atomic E-state index is -3.50. The minimum absolute atomic E-state index is 0.00296. The molecule has 3 aromatic rings. The van der Waals surface area contributed by atoms with E-state index in [2.05, 4.69) is 15.3 Å². The number of thiophene rings is 1. The van der Waals surface area contributed by atoms with Crippen molar-refractivity contribution in [2.75, 3.05) is 29.6 Å². The third-order valence-electron chi connectivity index (χ3n) is 4.79. The van der Waals surface area contributed by atoms with E-state index in [9.17, 15) is 22.0 Å². The van der Waals surface area contributed by atoms with Crippen LogP contribution in [0.5, 0.6) is 0 Å². The molecule has 1 aliphatic rings. The average Bonchev–Trinajstić information content (AvgIpc) is 3.07. The van der Waals surface area contributed by atoms with Gasteiger partial charge in [0.05, 0.1) is 40.9 Å². The Bertz CT molecular complexity index is 1300. The summed E-state index contributed by atoms with van der Waals surface area (Å²) in [6.07, 6.45) is 4.01. The zero-order valence-corrected chi connectivity index (χ0v) is 19.3. The fourth-order valence-corrected chi connectivity index (χ4v) is 5.07. The maximum atomic E-state index is 13.1. The predicted octanol–water partition coefficient (Wildman–Crippen LogP) is 4.28. The molecule has 1 aromatic carbocycles. The van der Waals surface area contributed by atoms with Crippen LogP contribution in [0.3, 0.4) is 0 Å². The van der Waals surface area contributed by atoms with E-state index < -0.39 is 21.7 Å². The van der Waals surface area contributed by atoms with E-state index in [0.717, 1.165) is 11.1 Å². The highest BCUT2D eigenvalue weighted by molar-refractivity contribution is 7.90. The molecular formula is C20H17ClF2N4O3S2. The van der Waals surface area contributed by atoms with Gasteiger partial charge in [-0.25, -0.2) is 27.2 Å². The first-order valence-electron chi connectivity index (χ1n) is 9.29. The summed E-state index contributed by atoms with van der Waals surface area (Å²) < 4.78 is 49.7. The van der Waals surface area contributed by atoms with E-state index in [1.807, 2.05) is 6.92 Å². The third-order valence-corrected chi connectivity index (χ3v) is 7.15. The largest absolute Gasteiger partial charge is 0.357 e. The van der Waals surface area contributed by atoms with Crippen molar-refractivity contribution in [3.05, 3.63) is 51.4 Å². The Balaban J connectivity index is 1.52. The molecule has 0 aliphatic carbocycles. The Morgan fingerprint density at radius 2 is 1.84 bits per heavy atom. The van der Waals surface area contributed by atoms with Gasteiger partial charge in [0.1, 0.15) is 0 Å². The maximum absolute atomic E-state index is 13.1. The van der Waals surface area contributed by atoms with Crippen LogP contribution in [0.4, 0.5) is 20.2 Å². The van der Waals surface area contributed by atoms with Gasteiger partial charge in [0, 0.05) is 27.4 Å². The number of aryl methyl sites for hydroxylation is 1. The number of nitrogens with zero attached hydrogens (tertiary/aromatic N) is 3. The molecule has 0 saturated carbocycles. The van der Waals surface area contributed by atoms with Crippen LogP contribution >= 0.6 is 22.9 Å². The summed E-state index contributed by atoms with van der Waals surface area (Å²) in [6, 6.07) is 5.73. The van der Waals surface area contributed by atoms with E-state index in [-0.39, 0.29) is 28.7 Å². The SMILES string of the molecule is Cc1sc(C(=O)Nc2cc(Cl)cc(S(C)(=O)=O)c2)cc1-c1ncc(N2CC(F)(F)C2)cn1. The van der Waals surface area contributed by atoms with Crippen LogP contribution in [0.15, 0.2) is 41.6 Å². The Morgan fingerprint density at radius 1 is 1.19 bits per heavy atom. The lowest BCUT2D eigenvalue weighted by Gasteiger charge is -2.39. The second-order valence-electron chi connectivity index (χ2n) is 7.46. The molecule has 4 rings (SSSR count). The summed E-state index contributed by atoms with van der Waals surface area (Å²) >= 11 is 7.21. The van der Waals surface area contributed by atoms with Gasteiger partial charge in [0.2, 0.25) is 0 Å². The first-order valence-corrected chi connectivity index (χ1v) is 12.4. The van der Waals surface area contributed by atoms with Crippen LogP contribution in [0, 0.1) is 6.92 Å². The lowest BCUT2D eigenvalue weighted by molar-refractivity contribution is -0.0263. The zero-order chi connectivity index (χ0) is 23.3. The number of rotatable bonds is 5. The van der Waals surface area contributed by atoms with Crippen LogP contribution in [0.2, 0.25) is 5.02 Å². The monoisotopic (exact) mass is 498 g/mol. The predicted molar refractivity (Wildman–Crippen MR) is 120 cm³/mol. The van der Waals surface area contributed by atoms with Gasteiger partial charge in [0.15, 0.2) is 15.7 Å². The summed E-state index contributed by atoms with van der Waals surface area (Å²) in [5.41, 5.74) is 1.40. The molecule has 0 bridgehead atoms. The lowest BCUT2D eigenvalue weighted by Crippen LogP contribution is -2.56. The van der Waals surface area contributed by atoms with Crippen molar-refractivity contribution in [3.63, 3.8) is 0 Å². The van der Waals surface area contributed by atoms with E-state index in [1.165, 1.54) is 46.8 Å². The average molecular weight is 499 g/mol. The molecule has 0 atom stereocenters. The highest BCUT2D eigenvalue weighted by Crippen LogP contribution is 2.33. The van der Waals surface area contributed by atoms with Gasteiger partial charge in [0.25, 0.3) is 11.8 Å². The zero-order valence-electron chi connectivity index (χ0n) is 16.9. The molecule has 0 spiro atoms. The van der Waals surface area contributed by atoms with E-state index >= 15 is 0 Å². The molecule has 2 aromatic heterocycles. The van der Waals surface area contributed by atoms with Gasteiger partial charge in [-0.3, -0.25) is 4.79 Å². The number of carbonyl (C=O) groups excluding carboxylic acids is 1. The molecule has 1 N–H and O–H groups in total. The van der Waals surface area contributed by atoms with Crippen molar-refractivity contribution < 1.29 is 22.0 Å². The van der Waals surface area contributed by atoms with E-state index in [0.29, 0.717) is 22.0 Å². The number of amides is 1. The molecule has 0 radical (unpaired) electrons. The van der Waals surface area contributed by atoms with Crippen molar-refractivity contribution in [1.82, 2.24) is 9.97 Å². The van der Waals surface area contributed by atoms with Gasteiger partial charge in [-0.1, -0.05) is 11.6 Å². The Morgan fingerprint density at radius 3 is 2.44 bits per heavy atom. The summed E-state index contributed by atoms with van der Waals surface area (Å²) in [5, 5.41) is 2.83. The highest BCUT2D eigenvalue weighted by Gasteiger charge is 2.44. The third kappa shape index (κ3) is 4.74. The number of hydrogen-bond donors (Lipinski definition) is 1. The molecule has 3 heterocycles. The maximum Gasteiger partial charge on any atom is 0.282 e. The summed E-state index contributed by atoms with van der Waals surface area (Å²) in [5.74, 6) is -2.75. The molecule has 168 valence electrons. The number of carbonyl (C=O) groups is 1. The van der Waals surface area contributed by atoms with Gasteiger partial charge >= 0.3 is 0 Å². The number of anilines is 2. The number of halogens is 3. The van der Waals surface area contributed by atoms with E-state index in [1.54, 1.807) is 6.07 Å². The number of benzene rings is 1. The fraction of sp³-hybridized carbons (Fsp3) is 0.250. The normalized spacial score (nSPS) is 15.3. The van der Waals surface area contributed by atoms with Crippen molar-refractivity contribution in [2.45, 2.75) is 17.7 Å². The number of sulfone groups is 1. The fourth-order valence-electron chi connectivity index (χ4n) is 3.18. The van der Waals surface area contributed by atoms with Crippen molar-refractivity contribution >= 4 is 50.1 Å². The van der Waals surface area contributed by atoms with Gasteiger partial charge in [-0.05, 0) is 31.2 Å². The molecule has 1 fully saturated rings. The Hall–Kier alpha value is -2.63. The smallest absolute Gasteiger partial charge is 0.282 e. The first kappa shape index (κ1) is 22.6. The second-order valence-corrected chi connectivity index (χ2v) is 11.2. The molecule has 32 heavy (non-hydrogen) atoms. The van der Waals surface area contributed by atoms with Crippen LogP contribution in [-0.2, 0) is 9.84 Å². The van der Waals surface area contributed by atoms with Crippen molar-refractivity contribution in [2.24, 2.45) is 0 Å². The number of nitrogens with one attached hydrogen (secondary N) is 1. The Labute approximate surface area is 192 Å². The Kier molecular flexibility index (Phi) is 5.68. The highest BCUT2D eigenvalue weighted by atomic mass is 35.5. The van der Waals surface area contributed by atoms with E-state index in [4.69, 9.17) is 11.6 Å². The lowest BCUT2D eigenvalue weighted by atomic mass is 10.1. The number of aromatic nitrogens is 2. The topological polar surface area (TPSA) is 92.3 Å². The van der Waals surface area contributed by atoms with Crippen LogP contribution in [-0.4, -0.2) is 49.6 Å². The quantitative estimate of drug-likeness (QED) is 0.564.